The van der Waals surface area contributed by atoms with E-state index in [1.807, 2.05) is 6.07 Å². The molecule has 1 aromatic heterocycles. The van der Waals surface area contributed by atoms with Crippen LogP contribution in [0.15, 0.2) is 47.4 Å². The lowest BCUT2D eigenvalue weighted by molar-refractivity contribution is 0.239. The van der Waals surface area contributed by atoms with Gasteiger partial charge in [0.15, 0.2) is 6.54 Å². The molecule has 2 aliphatic heterocycles. The summed E-state index contributed by atoms with van der Waals surface area (Å²) in [5.74, 6) is 0.784. The summed E-state index contributed by atoms with van der Waals surface area (Å²) in [5.41, 5.74) is 9.91. The van der Waals surface area contributed by atoms with Gasteiger partial charge in [0.1, 0.15) is 12.0 Å². The molecule has 0 radical (unpaired) electrons. The van der Waals surface area contributed by atoms with Crippen LogP contribution in [0.1, 0.15) is 30.9 Å². The smallest absolute Gasteiger partial charge is 0.320 e. The Morgan fingerprint density at radius 2 is 2.13 bits per heavy atom. The molecule has 2 saturated heterocycles. The maximum Gasteiger partial charge on any atom is 0.320 e. The number of rotatable bonds is 9. The molecular weight excluding hydrogens is 616 g/mol. The van der Waals surface area contributed by atoms with Crippen LogP contribution < -0.4 is 25.8 Å². The van der Waals surface area contributed by atoms with Gasteiger partial charge in [-0.05, 0) is 55.0 Å². The van der Waals surface area contributed by atoms with E-state index in [-0.39, 0.29) is 16.6 Å². The number of aromatic nitrogens is 2. The van der Waals surface area contributed by atoms with Crippen LogP contribution >= 0.6 is 32.5 Å². The maximum atomic E-state index is 14.4. The second-order valence-electron chi connectivity index (χ2n) is 10.9. The van der Waals surface area contributed by atoms with E-state index in [2.05, 4.69) is 40.2 Å². The predicted octanol–water partition coefficient (Wildman–Crippen LogP) is 4.35. The summed E-state index contributed by atoms with van der Waals surface area (Å²) in [6, 6.07) is 10.8. The molecule has 38 heavy (non-hydrogen) atoms. The topological polar surface area (TPSA) is 82.2 Å². The quantitative estimate of drug-likeness (QED) is 0.156. The van der Waals surface area contributed by atoms with Crippen LogP contribution in [0, 0.1) is 14.8 Å². The SMILES string of the molecule is C=Ic1cc(F)cc(-n2ncc([N+]34CCNC3(c3cc(N)ccc3CSC)C4)c(OCC3(C)CC3)c2=O)c1. The predicted molar refractivity (Wildman–Crippen MR) is 162 cm³/mol. The fraction of sp³-hybridized carbons (Fsp3) is 0.393. The fourth-order valence-corrected chi connectivity index (χ4v) is 7.38. The van der Waals surface area contributed by atoms with Crippen molar-refractivity contribution in [3.63, 3.8) is 0 Å². The minimum atomic E-state index is -0.595. The number of benzene rings is 2. The molecule has 1 saturated carbocycles. The average molecular weight is 649 g/mol. The maximum absolute atomic E-state index is 14.4. The lowest BCUT2D eigenvalue weighted by atomic mass is 10.00. The normalized spacial score (nSPS) is 24.7. The lowest BCUT2D eigenvalue weighted by Crippen LogP contribution is -2.37. The third kappa shape index (κ3) is 4.20. The third-order valence-electron chi connectivity index (χ3n) is 8.21. The van der Waals surface area contributed by atoms with Crippen molar-refractivity contribution in [1.29, 1.82) is 0 Å². The Morgan fingerprint density at radius 3 is 2.87 bits per heavy atom. The summed E-state index contributed by atoms with van der Waals surface area (Å²) in [6.07, 6.45) is 6.01. The Balaban J connectivity index is 1.49. The van der Waals surface area contributed by atoms with Crippen LogP contribution in [0.25, 0.3) is 5.69 Å². The number of nitrogens with two attached hydrogens (primary N) is 1. The van der Waals surface area contributed by atoms with Gasteiger partial charge in [-0.15, -0.1) is 0 Å². The highest BCUT2D eigenvalue weighted by Crippen LogP contribution is 2.58. The van der Waals surface area contributed by atoms with Gasteiger partial charge in [-0.3, -0.25) is 14.6 Å². The van der Waals surface area contributed by atoms with Crippen molar-refractivity contribution in [2.75, 3.05) is 38.2 Å². The Bertz CT molecular complexity index is 1510. The first-order valence-corrected chi connectivity index (χ1v) is 16.7. The van der Waals surface area contributed by atoms with Crippen molar-refractivity contribution in [2.24, 2.45) is 5.41 Å². The average Bonchev–Trinajstić information content (AvgIpc) is 3.77. The number of fused-ring (bicyclic) bond motifs is 1. The van der Waals surface area contributed by atoms with E-state index in [1.165, 1.54) is 27.9 Å². The van der Waals surface area contributed by atoms with Gasteiger partial charge in [0.05, 0.1) is 25.4 Å². The zero-order valence-corrected chi connectivity index (χ0v) is 24.6. The van der Waals surface area contributed by atoms with Crippen LogP contribution in [0.5, 0.6) is 5.75 Å². The first-order valence-electron chi connectivity index (χ1n) is 12.7. The number of piperazine rings is 1. The number of hydrogen-bond donors (Lipinski definition) is 2. The van der Waals surface area contributed by atoms with Gasteiger partial charge in [0.2, 0.25) is 11.4 Å². The largest absolute Gasteiger partial charge is 0.483 e. The molecule has 7 nitrogen and oxygen atoms in total. The Morgan fingerprint density at radius 1 is 1.32 bits per heavy atom. The molecule has 6 rings (SSSR count). The lowest BCUT2D eigenvalue weighted by Gasteiger charge is -2.23. The van der Waals surface area contributed by atoms with Gasteiger partial charge >= 0.3 is 5.56 Å². The van der Waals surface area contributed by atoms with Crippen molar-refractivity contribution in [1.82, 2.24) is 19.6 Å². The highest BCUT2D eigenvalue weighted by atomic mass is 127. The Hall–Kier alpha value is -2.28. The van der Waals surface area contributed by atoms with Crippen molar-refractivity contribution in [2.45, 2.75) is 31.2 Å². The van der Waals surface area contributed by atoms with Crippen LogP contribution in [-0.4, -0.2) is 46.8 Å². The molecular formula is C28H32FIN5O2S+. The summed E-state index contributed by atoms with van der Waals surface area (Å²) in [5, 5.41) is 8.33. The molecule has 3 N–H and O–H groups in total. The van der Waals surface area contributed by atoms with Crippen molar-refractivity contribution in [3.05, 3.63) is 73.5 Å². The summed E-state index contributed by atoms with van der Waals surface area (Å²) in [7, 11) is 0. The zero-order chi connectivity index (χ0) is 26.7. The van der Waals surface area contributed by atoms with E-state index in [9.17, 15) is 9.18 Å². The molecule has 2 unspecified atom stereocenters. The highest BCUT2D eigenvalue weighted by Gasteiger charge is 2.76. The molecule has 0 spiro atoms. The van der Waals surface area contributed by atoms with Gasteiger partial charge < -0.3 is 10.5 Å². The minimum absolute atomic E-state index is 0.0841. The number of anilines is 1. The number of halogens is 2. The molecule has 0 amide bonds. The summed E-state index contributed by atoms with van der Waals surface area (Å²) >= 11 is 1.18. The number of hydrogen-bond acceptors (Lipinski definition) is 6. The first-order chi connectivity index (χ1) is 18.2. The van der Waals surface area contributed by atoms with Crippen LogP contribution in [0.4, 0.5) is 15.8 Å². The number of nitrogen functional groups attached to an aromatic ring is 1. The van der Waals surface area contributed by atoms with Gasteiger partial charge in [-0.25, -0.2) is 4.39 Å². The third-order valence-corrected chi connectivity index (χ3v) is 10.3. The molecule has 3 heterocycles. The summed E-state index contributed by atoms with van der Waals surface area (Å²) in [4.78, 5) is 14.0. The van der Waals surface area contributed by atoms with E-state index >= 15 is 0 Å². The molecule has 3 aliphatic rings. The first kappa shape index (κ1) is 26.0. The zero-order valence-electron chi connectivity index (χ0n) is 21.6. The van der Waals surface area contributed by atoms with Crippen LogP contribution in [0.2, 0.25) is 0 Å². The van der Waals surface area contributed by atoms with E-state index < -0.39 is 26.5 Å². The number of ether oxygens (including phenoxy) is 1. The molecule has 1 aliphatic carbocycles. The van der Waals surface area contributed by atoms with E-state index in [0.29, 0.717) is 22.5 Å². The van der Waals surface area contributed by atoms with Gasteiger partial charge in [0.25, 0.3) is 5.75 Å². The van der Waals surface area contributed by atoms with Crippen molar-refractivity contribution < 1.29 is 9.13 Å². The number of nitrogens with one attached hydrogen (secondary N) is 1. The van der Waals surface area contributed by atoms with E-state index in [0.717, 1.165) is 53.2 Å². The second kappa shape index (κ2) is 9.42. The van der Waals surface area contributed by atoms with Crippen LogP contribution in [-0.2, 0) is 11.4 Å². The van der Waals surface area contributed by atoms with Gasteiger partial charge in [-0.1, -0.05) is 38.2 Å². The van der Waals surface area contributed by atoms with Crippen LogP contribution in [0.3, 0.4) is 0 Å². The molecule has 3 aromatic rings. The molecule has 3 fully saturated rings. The van der Waals surface area contributed by atoms with Crippen molar-refractivity contribution in [3.8, 4) is 11.4 Å². The monoisotopic (exact) mass is 648 g/mol. The van der Waals surface area contributed by atoms with E-state index in [1.54, 1.807) is 24.0 Å². The number of nitrogens with zero attached hydrogens (tertiary/aromatic N) is 3. The number of quaternary nitrogens is 1. The van der Waals surface area contributed by atoms with Crippen molar-refractivity contribution >= 4 is 48.4 Å². The molecule has 0 bridgehead atoms. The standard InChI is InChI=1S/C28H32FIN5O2S/c1-27(6-7-27)17-37-25-24(14-33-34(26(25)36)22-11-19(29)10-20(12-22)30-2)35-9-8-32-28(35,16-35)23-13-21(31)5-4-18(23)15-38-3/h4-5,10-14,32H,2,6-9,15-17,31H2,1,3H3/q+1. The fourth-order valence-electron chi connectivity index (χ4n) is 5.77. The molecule has 2 aromatic carbocycles. The molecule has 2 atom stereocenters. The minimum Gasteiger partial charge on any atom is -0.483 e. The summed E-state index contributed by atoms with van der Waals surface area (Å²) < 4.78 is 27.4. The second-order valence-corrected chi connectivity index (χ2v) is 13.8. The Kier molecular flexibility index (Phi) is 6.44. The van der Waals surface area contributed by atoms with E-state index in [4.69, 9.17) is 10.5 Å². The van der Waals surface area contributed by atoms with Gasteiger partial charge in [-0.2, -0.15) is 21.5 Å². The number of thioether (sulfide) groups is 1. The highest BCUT2D eigenvalue weighted by molar-refractivity contribution is 14.2. The summed E-state index contributed by atoms with van der Waals surface area (Å²) in [6.45, 7) is 5.04. The van der Waals surface area contributed by atoms with Gasteiger partial charge in [0, 0.05) is 26.0 Å². The molecule has 200 valence electrons. The Labute approximate surface area is 235 Å². The molecule has 10 heteroatoms.